The van der Waals surface area contributed by atoms with Crippen LogP contribution >= 0.6 is 35.7 Å². The Kier molecular flexibility index (Phi) is 9.27. The lowest BCUT2D eigenvalue weighted by molar-refractivity contribution is 0.287. The van der Waals surface area contributed by atoms with Gasteiger partial charge in [0.2, 0.25) is 11.6 Å². The molecule has 0 bridgehead atoms. The quantitative estimate of drug-likeness (QED) is 0.358. The van der Waals surface area contributed by atoms with Crippen molar-refractivity contribution in [3.8, 4) is 23.1 Å². The first-order valence-electron chi connectivity index (χ1n) is 7.23. The second-order valence-corrected chi connectivity index (χ2v) is 5.52. The van der Waals surface area contributed by atoms with Crippen LogP contribution in [0.25, 0.3) is 0 Å². The number of amidine groups is 1. The maximum absolute atomic E-state index is 5.68. The molecule has 1 aromatic carbocycles. The van der Waals surface area contributed by atoms with Crippen LogP contribution in [-0.4, -0.2) is 42.7 Å². The highest BCUT2D eigenvalue weighted by Crippen LogP contribution is 2.38. The zero-order valence-corrected chi connectivity index (χ0v) is 18.0. The van der Waals surface area contributed by atoms with Crippen LogP contribution in [0.4, 0.5) is 5.82 Å². The van der Waals surface area contributed by atoms with Crippen LogP contribution in [0.3, 0.4) is 0 Å². The predicted molar refractivity (Wildman–Crippen MR) is 113 cm³/mol. The fourth-order valence-corrected chi connectivity index (χ4v) is 2.18. The highest BCUT2D eigenvalue weighted by atomic mass is 127. The lowest BCUT2D eigenvalue weighted by Gasteiger charge is -2.14. The van der Waals surface area contributed by atoms with Crippen molar-refractivity contribution in [2.45, 2.75) is 6.61 Å². The number of methoxy groups -OCH3 is 3. The minimum Gasteiger partial charge on any atom is -0.493 e. The predicted octanol–water partition coefficient (Wildman–Crippen LogP) is 3.01. The Balaban J connectivity index is 0.00000338. The molecule has 0 fully saturated rings. The van der Waals surface area contributed by atoms with Crippen molar-refractivity contribution < 1.29 is 18.9 Å². The van der Waals surface area contributed by atoms with E-state index in [1.165, 1.54) is 24.2 Å². The normalized spacial score (nSPS) is 10.7. The summed E-state index contributed by atoms with van der Waals surface area (Å²) in [5.74, 6) is 2.35. The summed E-state index contributed by atoms with van der Waals surface area (Å²) in [6, 6.07) is 3.62. The first-order chi connectivity index (χ1) is 12.1. The van der Waals surface area contributed by atoms with E-state index >= 15 is 0 Å². The Morgan fingerprint density at radius 1 is 1.12 bits per heavy atom. The van der Waals surface area contributed by atoms with Gasteiger partial charge in [-0.1, -0.05) is 11.8 Å². The van der Waals surface area contributed by atoms with Crippen LogP contribution in [0.5, 0.6) is 23.1 Å². The molecular weight excluding hydrogens is 471 g/mol. The highest BCUT2D eigenvalue weighted by Gasteiger charge is 2.13. The fourth-order valence-electron chi connectivity index (χ4n) is 2.00. The van der Waals surface area contributed by atoms with Crippen molar-refractivity contribution in [2.75, 3.05) is 27.6 Å². The Labute approximate surface area is 173 Å². The van der Waals surface area contributed by atoms with E-state index in [0.717, 1.165) is 5.56 Å². The molecule has 2 aromatic rings. The molecule has 1 heterocycles. The number of hydrogen-bond acceptors (Lipinski definition) is 8. The smallest absolute Gasteiger partial charge is 0.234 e. The third-order valence-corrected chi connectivity index (χ3v) is 3.65. The molecule has 10 heteroatoms. The number of hydrogen-bond donors (Lipinski definition) is 1. The third kappa shape index (κ3) is 5.80. The Morgan fingerprint density at radius 2 is 1.77 bits per heavy atom. The van der Waals surface area contributed by atoms with Gasteiger partial charge in [-0.05, 0) is 24.0 Å². The van der Waals surface area contributed by atoms with Gasteiger partial charge in [0.05, 0.1) is 33.7 Å². The molecule has 0 radical (unpaired) electrons. The molecule has 0 aliphatic heterocycles. The number of benzene rings is 1. The molecule has 1 aromatic heterocycles. The minimum absolute atomic E-state index is 0. The molecule has 0 aliphatic rings. The second kappa shape index (κ2) is 10.9. The van der Waals surface area contributed by atoms with Gasteiger partial charge < -0.3 is 24.7 Å². The third-order valence-electron chi connectivity index (χ3n) is 3.14. The van der Waals surface area contributed by atoms with E-state index in [-0.39, 0.29) is 30.6 Å². The molecule has 0 aliphatic carbocycles. The van der Waals surface area contributed by atoms with Gasteiger partial charge in [0, 0.05) is 0 Å². The van der Waals surface area contributed by atoms with Crippen LogP contribution in [0.15, 0.2) is 29.5 Å². The van der Waals surface area contributed by atoms with E-state index in [0.29, 0.717) is 34.1 Å². The summed E-state index contributed by atoms with van der Waals surface area (Å²) in [4.78, 5) is 12.4. The summed E-state index contributed by atoms with van der Waals surface area (Å²) < 4.78 is 21.6. The van der Waals surface area contributed by atoms with Gasteiger partial charge in [-0.3, -0.25) is 4.98 Å². The summed E-state index contributed by atoms with van der Waals surface area (Å²) in [5, 5.41) is 0.399. The second-order valence-electron chi connectivity index (χ2n) is 4.69. The fraction of sp³-hybridized carbons (Fsp3) is 0.312. The Morgan fingerprint density at radius 3 is 2.31 bits per heavy atom. The van der Waals surface area contributed by atoms with Gasteiger partial charge in [0.1, 0.15) is 6.61 Å². The largest absolute Gasteiger partial charge is 0.493 e. The molecule has 0 saturated heterocycles. The van der Waals surface area contributed by atoms with Crippen molar-refractivity contribution >= 4 is 46.7 Å². The average Bonchev–Trinajstić information content (AvgIpc) is 2.65. The van der Waals surface area contributed by atoms with Crippen molar-refractivity contribution in [3.05, 3.63) is 30.1 Å². The number of nitrogens with zero attached hydrogens (tertiary/aromatic N) is 3. The van der Waals surface area contributed by atoms with Crippen LogP contribution in [0.2, 0.25) is 0 Å². The van der Waals surface area contributed by atoms with Gasteiger partial charge in [0.25, 0.3) is 0 Å². The number of thioether (sulfide) groups is 1. The summed E-state index contributed by atoms with van der Waals surface area (Å²) >= 11 is 1.33. The number of aliphatic imine (C=N–C) groups is 1. The first kappa shape index (κ1) is 22.1. The van der Waals surface area contributed by atoms with Gasteiger partial charge >= 0.3 is 0 Å². The molecule has 2 N–H and O–H groups in total. The Hall–Kier alpha value is -1.95. The lowest BCUT2D eigenvalue weighted by atomic mass is 10.2. The van der Waals surface area contributed by atoms with Crippen LogP contribution in [0, 0.1) is 0 Å². The van der Waals surface area contributed by atoms with Crippen molar-refractivity contribution in [1.82, 2.24) is 9.97 Å². The first-order valence-corrected chi connectivity index (χ1v) is 8.45. The number of nitrogens with two attached hydrogens (primary N) is 1. The number of rotatable bonds is 7. The topological polar surface area (TPSA) is 101 Å². The van der Waals surface area contributed by atoms with Crippen LogP contribution in [-0.2, 0) is 6.61 Å². The molecule has 0 spiro atoms. The zero-order chi connectivity index (χ0) is 18.2. The molecule has 142 valence electrons. The van der Waals surface area contributed by atoms with Crippen LogP contribution < -0.4 is 24.7 Å². The molecule has 0 atom stereocenters. The molecule has 2 rings (SSSR count). The summed E-state index contributed by atoms with van der Waals surface area (Å²) in [7, 11) is 4.68. The van der Waals surface area contributed by atoms with Gasteiger partial charge in [0.15, 0.2) is 22.5 Å². The van der Waals surface area contributed by atoms with E-state index in [1.807, 2.05) is 18.4 Å². The van der Waals surface area contributed by atoms with Crippen LogP contribution in [0.1, 0.15) is 5.56 Å². The molecule has 0 unspecified atom stereocenters. The highest BCUT2D eigenvalue weighted by molar-refractivity contribution is 14.0. The maximum atomic E-state index is 5.68. The van der Waals surface area contributed by atoms with E-state index < -0.39 is 0 Å². The number of ether oxygens (including phenoxy) is 4. The van der Waals surface area contributed by atoms with E-state index in [9.17, 15) is 0 Å². The van der Waals surface area contributed by atoms with Crippen molar-refractivity contribution in [1.29, 1.82) is 0 Å². The number of aromatic nitrogens is 2. The monoisotopic (exact) mass is 492 g/mol. The minimum atomic E-state index is 0. The van der Waals surface area contributed by atoms with E-state index in [2.05, 4.69) is 15.0 Å². The van der Waals surface area contributed by atoms with Crippen molar-refractivity contribution in [2.24, 2.45) is 10.7 Å². The van der Waals surface area contributed by atoms with Crippen molar-refractivity contribution in [3.63, 3.8) is 0 Å². The molecule has 26 heavy (non-hydrogen) atoms. The van der Waals surface area contributed by atoms with Gasteiger partial charge in [-0.2, -0.15) is 4.98 Å². The molecule has 8 nitrogen and oxygen atoms in total. The standard InChI is InChI=1S/C16H20N4O4S.HI/c1-21-11-5-10(6-12(22-2)15(11)23-3)9-24-14-8-18-7-13(19-14)20-16(17)25-4;/h5-8H,9H2,1-4H3,(H2,17,19,20);1H. The lowest BCUT2D eigenvalue weighted by Crippen LogP contribution is -2.05. The zero-order valence-electron chi connectivity index (χ0n) is 14.9. The molecule has 0 amide bonds. The average molecular weight is 492 g/mol. The summed E-state index contributed by atoms with van der Waals surface area (Å²) in [5.41, 5.74) is 6.50. The van der Waals surface area contributed by atoms with Gasteiger partial charge in [-0.15, -0.1) is 24.0 Å². The SMILES string of the molecule is COc1cc(COc2cncc(/N=C(\N)SC)n2)cc(OC)c1OC.I. The van der Waals surface area contributed by atoms with Gasteiger partial charge in [-0.25, -0.2) is 4.99 Å². The molecule has 0 saturated carbocycles. The van der Waals surface area contributed by atoms with E-state index in [4.69, 9.17) is 24.7 Å². The maximum Gasteiger partial charge on any atom is 0.234 e. The summed E-state index contributed by atoms with van der Waals surface area (Å²) in [6.45, 7) is 0.247. The number of halogens is 1. The van der Waals surface area contributed by atoms with E-state index in [1.54, 1.807) is 21.3 Å². The Bertz CT molecular complexity index is 736. The molecular formula is C16H21IN4O4S. The summed E-state index contributed by atoms with van der Waals surface area (Å²) in [6.07, 6.45) is 4.85.